The molecule has 1 heterocycles. The number of benzene rings is 3. The van der Waals surface area contributed by atoms with Gasteiger partial charge in [0.2, 0.25) is 0 Å². The molecule has 4 aromatic rings. The van der Waals surface area contributed by atoms with Crippen LogP contribution in [-0.4, -0.2) is 22.2 Å². The second-order valence-corrected chi connectivity index (χ2v) is 8.72. The molecular formula is C28H29ClN4O2. The van der Waals surface area contributed by atoms with Gasteiger partial charge in [0.25, 0.3) is 5.91 Å². The van der Waals surface area contributed by atoms with Gasteiger partial charge in [-0.2, -0.15) is 5.10 Å². The number of nitrogens with zero attached hydrogens (tertiary/aromatic N) is 2. The van der Waals surface area contributed by atoms with E-state index in [1.807, 2.05) is 79.7 Å². The Kier molecular flexibility index (Phi) is 8.19. The van der Waals surface area contributed by atoms with Gasteiger partial charge in [0.1, 0.15) is 12.4 Å². The fourth-order valence-corrected chi connectivity index (χ4v) is 3.86. The van der Waals surface area contributed by atoms with Gasteiger partial charge in [0, 0.05) is 28.5 Å². The molecule has 0 saturated heterocycles. The summed E-state index contributed by atoms with van der Waals surface area (Å²) < 4.78 is 7.86. The van der Waals surface area contributed by atoms with Crippen molar-refractivity contribution in [2.45, 2.75) is 33.5 Å². The Bertz CT molecular complexity index is 1270. The first-order valence-electron chi connectivity index (χ1n) is 11.6. The number of rotatable bonds is 10. The van der Waals surface area contributed by atoms with Crippen molar-refractivity contribution in [2.75, 3.05) is 11.9 Å². The molecule has 7 heteroatoms. The highest BCUT2D eigenvalue weighted by molar-refractivity contribution is 6.30. The zero-order valence-electron chi connectivity index (χ0n) is 19.9. The van der Waals surface area contributed by atoms with Crippen LogP contribution < -0.4 is 15.4 Å². The van der Waals surface area contributed by atoms with Gasteiger partial charge >= 0.3 is 0 Å². The first-order valence-corrected chi connectivity index (χ1v) is 12.0. The van der Waals surface area contributed by atoms with Gasteiger partial charge in [-0.3, -0.25) is 9.48 Å². The summed E-state index contributed by atoms with van der Waals surface area (Å²) in [6.07, 6.45) is 0. The molecule has 0 fully saturated rings. The SMILES string of the molecule is CCNCc1ccc(NC(=O)c2cc(C)n(Cc3cc(Cl)ccc3OCc3ccccc3)n2)cc1. The Morgan fingerprint density at radius 3 is 2.51 bits per heavy atom. The number of carbonyl (C=O) groups excluding carboxylic acids is 1. The van der Waals surface area contributed by atoms with E-state index in [9.17, 15) is 4.79 Å². The van der Waals surface area contributed by atoms with Gasteiger partial charge in [0.05, 0.1) is 6.54 Å². The number of hydrogen-bond acceptors (Lipinski definition) is 4. The van der Waals surface area contributed by atoms with E-state index in [4.69, 9.17) is 16.3 Å². The normalized spacial score (nSPS) is 10.8. The van der Waals surface area contributed by atoms with Crippen molar-refractivity contribution in [1.29, 1.82) is 0 Å². The molecule has 4 rings (SSSR count). The fraction of sp³-hybridized carbons (Fsp3) is 0.214. The molecule has 0 unspecified atom stereocenters. The maximum atomic E-state index is 12.8. The van der Waals surface area contributed by atoms with E-state index >= 15 is 0 Å². The van der Waals surface area contributed by atoms with Crippen molar-refractivity contribution in [3.05, 3.63) is 112 Å². The lowest BCUT2D eigenvalue weighted by atomic mass is 10.2. The summed E-state index contributed by atoms with van der Waals surface area (Å²) in [5, 5.41) is 11.4. The lowest BCUT2D eigenvalue weighted by Crippen LogP contribution is -2.14. The van der Waals surface area contributed by atoms with E-state index in [0.717, 1.165) is 46.9 Å². The molecule has 0 saturated carbocycles. The summed E-state index contributed by atoms with van der Waals surface area (Å²) in [5.41, 5.74) is 5.09. The third-order valence-corrected chi connectivity index (χ3v) is 5.82. The van der Waals surface area contributed by atoms with Crippen LogP contribution in [0.15, 0.2) is 78.9 Å². The predicted octanol–water partition coefficient (Wildman–Crippen LogP) is 5.83. The van der Waals surface area contributed by atoms with Crippen LogP contribution in [0.2, 0.25) is 5.02 Å². The molecule has 35 heavy (non-hydrogen) atoms. The van der Waals surface area contributed by atoms with Crippen LogP contribution >= 0.6 is 11.6 Å². The van der Waals surface area contributed by atoms with Crippen LogP contribution in [0.25, 0.3) is 0 Å². The predicted molar refractivity (Wildman–Crippen MR) is 140 cm³/mol. The smallest absolute Gasteiger partial charge is 0.276 e. The molecule has 0 bridgehead atoms. The lowest BCUT2D eigenvalue weighted by Gasteiger charge is -2.13. The zero-order valence-corrected chi connectivity index (χ0v) is 20.7. The van der Waals surface area contributed by atoms with E-state index in [-0.39, 0.29) is 5.91 Å². The first-order chi connectivity index (χ1) is 17.0. The molecule has 0 atom stereocenters. The van der Waals surface area contributed by atoms with Crippen LogP contribution in [0.3, 0.4) is 0 Å². The molecule has 0 aliphatic heterocycles. The molecule has 1 amide bonds. The molecule has 0 radical (unpaired) electrons. The van der Waals surface area contributed by atoms with Gasteiger partial charge in [-0.15, -0.1) is 0 Å². The van der Waals surface area contributed by atoms with Gasteiger partial charge in [-0.05, 0) is 61.0 Å². The average molecular weight is 489 g/mol. The standard InChI is InChI=1S/C28H29ClN4O2/c1-3-30-17-21-9-12-25(13-10-21)31-28(34)26-15-20(2)33(32-26)18-23-16-24(29)11-14-27(23)35-19-22-7-5-4-6-8-22/h4-16,30H,3,17-19H2,1-2H3,(H,31,34). The van der Waals surface area contributed by atoms with Crippen LogP contribution in [0.5, 0.6) is 5.75 Å². The van der Waals surface area contributed by atoms with E-state index < -0.39 is 0 Å². The van der Waals surface area contributed by atoms with Crippen molar-refractivity contribution in [2.24, 2.45) is 0 Å². The van der Waals surface area contributed by atoms with Crippen molar-refractivity contribution < 1.29 is 9.53 Å². The summed E-state index contributed by atoms with van der Waals surface area (Å²) >= 11 is 6.27. The van der Waals surface area contributed by atoms with E-state index in [0.29, 0.717) is 23.9 Å². The number of carbonyl (C=O) groups is 1. The average Bonchev–Trinajstić information content (AvgIpc) is 3.24. The van der Waals surface area contributed by atoms with E-state index in [1.54, 1.807) is 10.7 Å². The van der Waals surface area contributed by atoms with Crippen molar-refractivity contribution in [3.8, 4) is 5.75 Å². The Hall–Kier alpha value is -3.61. The minimum absolute atomic E-state index is 0.252. The zero-order chi connectivity index (χ0) is 24.6. The van der Waals surface area contributed by atoms with Gasteiger partial charge in [0.15, 0.2) is 5.69 Å². The van der Waals surface area contributed by atoms with Crippen molar-refractivity contribution in [1.82, 2.24) is 15.1 Å². The third-order valence-electron chi connectivity index (χ3n) is 5.58. The first kappa shape index (κ1) is 24.5. The van der Waals surface area contributed by atoms with Gasteiger partial charge in [-0.25, -0.2) is 0 Å². The summed E-state index contributed by atoms with van der Waals surface area (Å²) in [4.78, 5) is 12.8. The maximum Gasteiger partial charge on any atom is 0.276 e. The van der Waals surface area contributed by atoms with Gasteiger partial charge < -0.3 is 15.4 Å². The third kappa shape index (κ3) is 6.72. The van der Waals surface area contributed by atoms with Crippen LogP contribution in [0.1, 0.15) is 39.8 Å². The summed E-state index contributed by atoms with van der Waals surface area (Å²) in [6, 6.07) is 25.1. The highest BCUT2D eigenvalue weighted by Crippen LogP contribution is 2.25. The molecule has 6 nitrogen and oxygen atoms in total. The number of nitrogens with one attached hydrogen (secondary N) is 2. The Morgan fingerprint density at radius 2 is 1.77 bits per heavy atom. The molecule has 0 spiro atoms. The molecule has 2 N–H and O–H groups in total. The lowest BCUT2D eigenvalue weighted by molar-refractivity contribution is 0.102. The summed E-state index contributed by atoms with van der Waals surface area (Å²) in [6.45, 7) is 6.59. The largest absolute Gasteiger partial charge is 0.489 e. The quantitative estimate of drug-likeness (QED) is 0.294. The second kappa shape index (κ2) is 11.7. The number of amides is 1. The number of hydrogen-bond donors (Lipinski definition) is 2. The maximum absolute atomic E-state index is 12.8. The number of aryl methyl sites for hydroxylation is 1. The monoisotopic (exact) mass is 488 g/mol. The highest BCUT2D eigenvalue weighted by atomic mass is 35.5. The minimum atomic E-state index is -0.252. The summed E-state index contributed by atoms with van der Waals surface area (Å²) in [7, 11) is 0. The Balaban J connectivity index is 1.45. The molecule has 180 valence electrons. The number of ether oxygens (including phenoxy) is 1. The number of halogens is 1. The topological polar surface area (TPSA) is 68.2 Å². The van der Waals surface area contributed by atoms with E-state index in [1.165, 1.54) is 0 Å². The van der Waals surface area contributed by atoms with Crippen LogP contribution in [0.4, 0.5) is 5.69 Å². The van der Waals surface area contributed by atoms with Crippen molar-refractivity contribution >= 4 is 23.2 Å². The second-order valence-electron chi connectivity index (χ2n) is 8.29. The molecule has 0 aliphatic rings. The minimum Gasteiger partial charge on any atom is -0.489 e. The number of anilines is 1. The molecule has 0 aliphatic carbocycles. The van der Waals surface area contributed by atoms with E-state index in [2.05, 4.69) is 22.7 Å². The fourth-order valence-electron chi connectivity index (χ4n) is 3.66. The number of aromatic nitrogens is 2. The highest BCUT2D eigenvalue weighted by Gasteiger charge is 2.15. The van der Waals surface area contributed by atoms with Crippen molar-refractivity contribution in [3.63, 3.8) is 0 Å². The van der Waals surface area contributed by atoms with Crippen LogP contribution in [-0.2, 0) is 19.7 Å². The molecular weight excluding hydrogens is 460 g/mol. The molecule has 3 aromatic carbocycles. The summed E-state index contributed by atoms with van der Waals surface area (Å²) in [5.74, 6) is 0.481. The Morgan fingerprint density at radius 1 is 1.00 bits per heavy atom. The Labute approximate surface area is 210 Å². The molecule has 1 aromatic heterocycles. The van der Waals surface area contributed by atoms with Crippen LogP contribution in [0, 0.1) is 6.92 Å². The van der Waals surface area contributed by atoms with Gasteiger partial charge in [-0.1, -0.05) is 61.0 Å².